The minimum absolute atomic E-state index is 0. The van der Waals surface area contributed by atoms with E-state index in [1.54, 1.807) is 12.1 Å². The SMILES string of the molecule is O=C([O-])c1cnc(NCC2CCCN(S(=O)(=O)c3ccc4ccccc4c3)C2)nc1.[Na+]. The standard InChI is InChI=1S/C21H22N4O4S.Na/c26-20(27)18-12-23-21(24-13-18)22-11-15-4-3-9-25(14-15)30(28,29)19-8-7-16-5-1-2-6-17(16)10-19;/h1-2,5-8,10,12-13,15H,3-4,9,11,14H2,(H,26,27)(H,22,23,24);/q;+1/p-1. The van der Waals surface area contributed by atoms with Crippen LogP contribution in [0, 0.1) is 5.92 Å². The van der Waals surface area contributed by atoms with Crippen LogP contribution in [0.25, 0.3) is 10.8 Å². The van der Waals surface area contributed by atoms with E-state index in [-0.39, 0.29) is 41.0 Å². The number of aromatic carboxylic acids is 1. The second-order valence-electron chi connectivity index (χ2n) is 7.34. The van der Waals surface area contributed by atoms with Crippen molar-refractivity contribution in [3.8, 4) is 0 Å². The van der Waals surface area contributed by atoms with E-state index >= 15 is 0 Å². The van der Waals surface area contributed by atoms with E-state index in [4.69, 9.17) is 0 Å². The topological polar surface area (TPSA) is 115 Å². The van der Waals surface area contributed by atoms with Crippen LogP contribution < -0.4 is 40.0 Å². The summed E-state index contributed by atoms with van der Waals surface area (Å²) in [6.45, 7) is 1.39. The van der Waals surface area contributed by atoms with Crippen molar-refractivity contribution in [3.63, 3.8) is 0 Å². The summed E-state index contributed by atoms with van der Waals surface area (Å²) in [5.74, 6) is -0.934. The van der Waals surface area contributed by atoms with Gasteiger partial charge in [0.05, 0.1) is 10.9 Å². The number of sulfonamides is 1. The molecule has 156 valence electrons. The fourth-order valence-electron chi connectivity index (χ4n) is 3.65. The fraction of sp³-hybridized carbons (Fsp3) is 0.286. The number of rotatable bonds is 6. The Morgan fingerprint density at radius 3 is 2.55 bits per heavy atom. The molecule has 1 unspecified atom stereocenters. The molecule has 2 heterocycles. The van der Waals surface area contributed by atoms with E-state index < -0.39 is 16.0 Å². The molecule has 0 spiro atoms. The Labute approximate surface area is 203 Å². The van der Waals surface area contributed by atoms with Crippen LogP contribution in [-0.4, -0.2) is 48.3 Å². The number of carbonyl (C=O) groups is 1. The van der Waals surface area contributed by atoms with Crippen LogP contribution in [0.1, 0.15) is 23.2 Å². The normalized spacial score (nSPS) is 17.1. The molecule has 1 fully saturated rings. The summed E-state index contributed by atoms with van der Waals surface area (Å²) in [4.78, 5) is 19.0. The van der Waals surface area contributed by atoms with Crippen molar-refractivity contribution < 1.29 is 47.9 Å². The number of carbonyl (C=O) groups excluding carboxylic acids is 1. The summed E-state index contributed by atoms with van der Waals surface area (Å²) < 4.78 is 27.9. The zero-order valence-corrected chi connectivity index (χ0v) is 20.0. The van der Waals surface area contributed by atoms with Crippen molar-refractivity contribution in [2.75, 3.05) is 25.0 Å². The van der Waals surface area contributed by atoms with Gasteiger partial charge in [-0.3, -0.25) is 0 Å². The Morgan fingerprint density at radius 1 is 1.13 bits per heavy atom. The summed E-state index contributed by atoms with van der Waals surface area (Å²) in [5, 5.41) is 15.7. The predicted octanol–water partition coefficient (Wildman–Crippen LogP) is -1.49. The van der Waals surface area contributed by atoms with Crippen LogP contribution in [0.2, 0.25) is 0 Å². The maximum absolute atomic E-state index is 13.2. The molecule has 1 aliphatic heterocycles. The second-order valence-corrected chi connectivity index (χ2v) is 9.28. The summed E-state index contributed by atoms with van der Waals surface area (Å²) in [7, 11) is -3.58. The minimum atomic E-state index is -3.58. The molecule has 2 aromatic carbocycles. The Balaban J connectivity index is 0.00000272. The summed E-state index contributed by atoms with van der Waals surface area (Å²) in [5.41, 5.74) is -0.0918. The van der Waals surface area contributed by atoms with Crippen molar-refractivity contribution >= 4 is 32.7 Å². The van der Waals surface area contributed by atoms with Crippen molar-refractivity contribution in [3.05, 3.63) is 60.4 Å². The first-order chi connectivity index (χ1) is 14.4. The molecule has 4 rings (SSSR count). The van der Waals surface area contributed by atoms with Gasteiger partial charge in [-0.1, -0.05) is 30.3 Å². The molecular formula is C21H21N4NaO4S. The fourth-order valence-corrected chi connectivity index (χ4v) is 5.24. The first-order valence-corrected chi connectivity index (χ1v) is 11.1. The molecule has 31 heavy (non-hydrogen) atoms. The van der Waals surface area contributed by atoms with Crippen LogP contribution in [0.15, 0.2) is 59.8 Å². The van der Waals surface area contributed by atoms with Crippen LogP contribution in [-0.2, 0) is 10.0 Å². The molecule has 3 aromatic rings. The largest absolute Gasteiger partial charge is 1.00 e. The number of anilines is 1. The summed E-state index contributed by atoms with van der Waals surface area (Å²) >= 11 is 0. The zero-order valence-electron chi connectivity index (χ0n) is 17.2. The number of fused-ring (bicyclic) bond motifs is 1. The average Bonchev–Trinajstić information content (AvgIpc) is 2.78. The van der Waals surface area contributed by atoms with Gasteiger partial charge in [-0.15, -0.1) is 0 Å². The number of carboxylic acid groups (broad SMARTS) is 1. The van der Waals surface area contributed by atoms with E-state index in [1.807, 2.05) is 30.3 Å². The molecule has 1 aliphatic rings. The molecule has 1 saturated heterocycles. The van der Waals surface area contributed by atoms with Gasteiger partial charge >= 0.3 is 29.6 Å². The average molecular weight is 448 g/mol. The van der Waals surface area contributed by atoms with Crippen LogP contribution in [0.4, 0.5) is 5.95 Å². The van der Waals surface area contributed by atoms with Gasteiger partial charge < -0.3 is 15.2 Å². The Bertz CT molecular complexity index is 1170. The van der Waals surface area contributed by atoms with Crippen LogP contribution >= 0.6 is 0 Å². The maximum atomic E-state index is 13.2. The third kappa shape index (κ3) is 5.42. The second kappa shape index (κ2) is 10.1. The van der Waals surface area contributed by atoms with Crippen molar-refractivity contribution in [1.29, 1.82) is 0 Å². The van der Waals surface area contributed by atoms with Gasteiger partial charge in [0.25, 0.3) is 0 Å². The number of aromatic nitrogens is 2. The van der Waals surface area contributed by atoms with E-state index in [0.29, 0.717) is 30.5 Å². The summed E-state index contributed by atoms with van der Waals surface area (Å²) in [6.07, 6.45) is 4.02. The Hall–Kier alpha value is -2.04. The van der Waals surface area contributed by atoms with Gasteiger partial charge in [-0.2, -0.15) is 4.31 Å². The molecule has 1 atom stereocenters. The Morgan fingerprint density at radius 2 is 1.84 bits per heavy atom. The molecule has 10 heteroatoms. The molecule has 0 radical (unpaired) electrons. The van der Waals surface area contributed by atoms with Crippen LogP contribution in [0.5, 0.6) is 0 Å². The number of piperidine rings is 1. The molecule has 0 saturated carbocycles. The zero-order chi connectivity index (χ0) is 21.1. The number of hydrogen-bond acceptors (Lipinski definition) is 7. The minimum Gasteiger partial charge on any atom is -0.545 e. The maximum Gasteiger partial charge on any atom is 1.00 e. The van der Waals surface area contributed by atoms with Gasteiger partial charge in [0, 0.05) is 37.6 Å². The first kappa shape index (κ1) is 23.6. The van der Waals surface area contributed by atoms with E-state index in [1.165, 1.54) is 16.7 Å². The summed E-state index contributed by atoms with van der Waals surface area (Å²) in [6, 6.07) is 12.9. The molecule has 8 nitrogen and oxygen atoms in total. The van der Waals surface area contributed by atoms with Gasteiger partial charge in [0.15, 0.2) is 0 Å². The predicted molar refractivity (Wildman–Crippen MR) is 110 cm³/mol. The quantitative estimate of drug-likeness (QED) is 0.457. The van der Waals surface area contributed by atoms with Crippen molar-refractivity contribution in [2.45, 2.75) is 17.7 Å². The smallest absolute Gasteiger partial charge is 0.545 e. The van der Waals surface area contributed by atoms with Gasteiger partial charge in [0.1, 0.15) is 0 Å². The number of carboxylic acids is 1. The van der Waals surface area contributed by atoms with E-state index in [2.05, 4.69) is 15.3 Å². The molecule has 0 aliphatic carbocycles. The molecular weight excluding hydrogens is 427 g/mol. The molecule has 0 amide bonds. The third-order valence-electron chi connectivity index (χ3n) is 5.28. The third-order valence-corrected chi connectivity index (χ3v) is 7.14. The number of benzene rings is 2. The number of hydrogen-bond donors (Lipinski definition) is 1. The van der Waals surface area contributed by atoms with E-state index in [0.717, 1.165) is 23.6 Å². The first-order valence-electron chi connectivity index (χ1n) is 9.70. The van der Waals surface area contributed by atoms with Gasteiger partial charge in [-0.05, 0) is 41.7 Å². The molecule has 1 aromatic heterocycles. The Kier molecular flexibility index (Phi) is 7.66. The molecule has 1 N–H and O–H groups in total. The monoisotopic (exact) mass is 448 g/mol. The van der Waals surface area contributed by atoms with Crippen molar-refractivity contribution in [2.24, 2.45) is 5.92 Å². The molecule has 0 bridgehead atoms. The van der Waals surface area contributed by atoms with Crippen molar-refractivity contribution in [1.82, 2.24) is 14.3 Å². The van der Waals surface area contributed by atoms with Crippen LogP contribution in [0.3, 0.4) is 0 Å². The van der Waals surface area contributed by atoms with E-state index in [9.17, 15) is 18.3 Å². The van der Waals surface area contributed by atoms with Gasteiger partial charge in [0.2, 0.25) is 16.0 Å². The number of nitrogens with zero attached hydrogens (tertiary/aromatic N) is 3. The number of nitrogens with one attached hydrogen (secondary N) is 1. The van der Waals surface area contributed by atoms with Gasteiger partial charge in [-0.25, -0.2) is 18.4 Å².